The molecule has 0 unspecified atom stereocenters. The number of likely N-dealkylation sites (tertiary alicyclic amines) is 1. The highest BCUT2D eigenvalue weighted by Gasteiger charge is 2.28. The van der Waals surface area contributed by atoms with E-state index in [9.17, 15) is 4.79 Å². The number of amides is 1. The number of benzene rings is 1. The second-order valence-corrected chi connectivity index (χ2v) is 10.3. The molecule has 232 valence electrons. The van der Waals surface area contributed by atoms with Gasteiger partial charge in [-0.05, 0) is 37.5 Å². The lowest BCUT2D eigenvalue weighted by molar-refractivity contribution is -0.133. The van der Waals surface area contributed by atoms with Crippen LogP contribution < -0.4 is 11.5 Å². The first-order valence-corrected chi connectivity index (χ1v) is 14.8. The number of carbonyl (C=O) groups is 1. The van der Waals surface area contributed by atoms with Crippen LogP contribution in [0.15, 0.2) is 28.9 Å². The van der Waals surface area contributed by atoms with Crippen LogP contribution in [0, 0.1) is 0 Å². The number of piperidine rings is 1. The Morgan fingerprint density at radius 3 is 2.33 bits per heavy atom. The summed E-state index contributed by atoms with van der Waals surface area (Å²) in [6.07, 6.45) is 4.27. The number of nitrogens with two attached hydrogens (primary N) is 2. The Morgan fingerprint density at radius 2 is 1.63 bits per heavy atom. The molecule has 4 aromatic rings. The molecular formula is C29H40N8O6. The minimum absolute atomic E-state index is 0.0577. The fourth-order valence-corrected chi connectivity index (χ4v) is 5.13. The summed E-state index contributed by atoms with van der Waals surface area (Å²) in [7, 11) is 0. The number of nitrogen functional groups attached to an aromatic ring is 2. The van der Waals surface area contributed by atoms with Gasteiger partial charge in [0, 0.05) is 25.3 Å². The van der Waals surface area contributed by atoms with Gasteiger partial charge in [-0.2, -0.15) is 10.1 Å². The zero-order chi connectivity index (χ0) is 30.0. The van der Waals surface area contributed by atoms with E-state index in [1.165, 1.54) is 6.33 Å². The molecule has 0 bridgehead atoms. The van der Waals surface area contributed by atoms with Crippen molar-refractivity contribution in [1.29, 1.82) is 0 Å². The number of aromatic nitrogens is 5. The van der Waals surface area contributed by atoms with Gasteiger partial charge in [-0.15, -0.1) is 0 Å². The van der Waals surface area contributed by atoms with Crippen LogP contribution in [0.3, 0.4) is 0 Å². The van der Waals surface area contributed by atoms with Crippen molar-refractivity contribution in [3.63, 3.8) is 0 Å². The lowest BCUT2D eigenvalue weighted by Crippen LogP contribution is -2.39. The van der Waals surface area contributed by atoms with Crippen molar-refractivity contribution in [2.75, 3.05) is 77.4 Å². The summed E-state index contributed by atoms with van der Waals surface area (Å²) in [6, 6.07) is 5.73. The van der Waals surface area contributed by atoms with Gasteiger partial charge in [-0.1, -0.05) is 6.92 Å². The van der Waals surface area contributed by atoms with Crippen molar-refractivity contribution in [3.8, 4) is 11.3 Å². The molecular weight excluding hydrogens is 556 g/mol. The second-order valence-electron chi connectivity index (χ2n) is 10.3. The van der Waals surface area contributed by atoms with Gasteiger partial charge in [0.25, 0.3) is 6.01 Å². The lowest BCUT2D eigenvalue weighted by atomic mass is 10.0. The van der Waals surface area contributed by atoms with E-state index in [2.05, 4.69) is 21.9 Å². The molecule has 0 radical (unpaired) electrons. The maximum absolute atomic E-state index is 12.8. The standard InChI is InChI=1S/C29H40N8O6/c1-2-10-39-12-14-41-16-17-42-15-13-40-11-7-24(38)36-8-5-21(6-9-36)37-28-25(27(30)32-19-33-28)26(35-37)20-3-4-23-22(18-20)34-29(31)43-23/h3-4,18-19,21H,2,5-17H2,1H3,(H2,31,34)(H2,30,32,33). The molecule has 1 amide bonds. The van der Waals surface area contributed by atoms with Crippen LogP contribution in [-0.4, -0.2) is 101 Å². The average Bonchev–Trinajstić information content (AvgIpc) is 3.59. The zero-order valence-electron chi connectivity index (χ0n) is 24.6. The third kappa shape index (κ3) is 7.76. The molecule has 1 aliphatic rings. The minimum Gasteiger partial charge on any atom is -0.424 e. The van der Waals surface area contributed by atoms with Gasteiger partial charge in [0.2, 0.25) is 5.91 Å². The SMILES string of the molecule is CCCOCCOCCOCCOCCC(=O)N1CCC(n2nc(-c3ccc4oc(N)nc4c3)c3c(N)ncnc32)CC1. The Labute approximate surface area is 249 Å². The van der Waals surface area contributed by atoms with Crippen LogP contribution in [0.25, 0.3) is 33.4 Å². The van der Waals surface area contributed by atoms with Gasteiger partial charge < -0.3 is 39.7 Å². The monoisotopic (exact) mass is 596 g/mol. The highest BCUT2D eigenvalue weighted by atomic mass is 16.6. The Hall–Kier alpha value is -3.85. The highest BCUT2D eigenvalue weighted by Crippen LogP contribution is 2.35. The molecule has 0 aliphatic carbocycles. The first-order chi connectivity index (χ1) is 21.0. The van der Waals surface area contributed by atoms with Crippen molar-refractivity contribution >= 4 is 39.9 Å². The molecule has 0 saturated carbocycles. The number of hydrogen-bond acceptors (Lipinski definition) is 12. The number of carbonyl (C=O) groups excluding carboxylic acids is 1. The van der Waals surface area contributed by atoms with Crippen LogP contribution in [0.1, 0.15) is 38.6 Å². The van der Waals surface area contributed by atoms with Crippen LogP contribution in [0.4, 0.5) is 11.8 Å². The highest BCUT2D eigenvalue weighted by molar-refractivity contribution is 5.99. The largest absolute Gasteiger partial charge is 0.424 e. The molecule has 5 rings (SSSR count). The van der Waals surface area contributed by atoms with E-state index >= 15 is 0 Å². The third-order valence-corrected chi connectivity index (χ3v) is 7.28. The third-order valence-electron chi connectivity index (χ3n) is 7.28. The maximum atomic E-state index is 12.8. The van der Waals surface area contributed by atoms with E-state index in [1.807, 2.05) is 27.8 Å². The van der Waals surface area contributed by atoms with Crippen molar-refractivity contribution in [1.82, 2.24) is 29.6 Å². The summed E-state index contributed by atoms with van der Waals surface area (Å²) in [6.45, 7) is 7.53. The zero-order valence-corrected chi connectivity index (χ0v) is 24.6. The Bertz CT molecular complexity index is 1480. The number of oxazole rings is 1. The van der Waals surface area contributed by atoms with Crippen molar-refractivity contribution in [3.05, 3.63) is 24.5 Å². The van der Waals surface area contributed by atoms with Gasteiger partial charge in [0.1, 0.15) is 23.4 Å². The predicted molar refractivity (Wildman–Crippen MR) is 160 cm³/mol. The molecule has 14 nitrogen and oxygen atoms in total. The molecule has 3 aromatic heterocycles. The Morgan fingerprint density at radius 1 is 0.953 bits per heavy atom. The molecule has 4 heterocycles. The molecule has 1 aromatic carbocycles. The van der Waals surface area contributed by atoms with E-state index in [1.54, 1.807) is 0 Å². The smallest absolute Gasteiger partial charge is 0.292 e. The second kappa shape index (κ2) is 15.0. The molecule has 43 heavy (non-hydrogen) atoms. The first kappa shape index (κ1) is 30.6. The first-order valence-electron chi connectivity index (χ1n) is 14.8. The van der Waals surface area contributed by atoms with E-state index in [0.717, 1.165) is 31.4 Å². The van der Waals surface area contributed by atoms with Crippen LogP contribution in [0.2, 0.25) is 0 Å². The fraction of sp³-hybridized carbons (Fsp3) is 0.552. The molecule has 1 fully saturated rings. The van der Waals surface area contributed by atoms with Crippen molar-refractivity contribution in [2.45, 2.75) is 38.6 Å². The van der Waals surface area contributed by atoms with Gasteiger partial charge in [0.15, 0.2) is 11.2 Å². The summed E-state index contributed by atoms with van der Waals surface area (Å²) >= 11 is 0. The summed E-state index contributed by atoms with van der Waals surface area (Å²) in [5, 5.41) is 5.62. The molecule has 1 aliphatic heterocycles. The fourth-order valence-electron chi connectivity index (χ4n) is 5.13. The maximum Gasteiger partial charge on any atom is 0.292 e. The molecule has 14 heteroatoms. The molecule has 1 saturated heterocycles. The summed E-state index contributed by atoms with van der Waals surface area (Å²) in [5.41, 5.74) is 15.4. The summed E-state index contributed by atoms with van der Waals surface area (Å²) in [5.74, 6) is 0.432. The van der Waals surface area contributed by atoms with E-state index in [-0.39, 0.29) is 18.0 Å². The molecule has 0 atom stereocenters. The van der Waals surface area contributed by atoms with Gasteiger partial charge in [-0.25, -0.2) is 14.6 Å². The summed E-state index contributed by atoms with van der Waals surface area (Å²) < 4.78 is 29.2. The Kier molecular flexibility index (Phi) is 10.7. The van der Waals surface area contributed by atoms with Gasteiger partial charge in [-0.3, -0.25) is 4.79 Å². The average molecular weight is 597 g/mol. The van der Waals surface area contributed by atoms with E-state index in [0.29, 0.717) is 99.4 Å². The number of fused-ring (bicyclic) bond motifs is 2. The van der Waals surface area contributed by atoms with E-state index < -0.39 is 0 Å². The van der Waals surface area contributed by atoms with Gasteiger partial charge >= 0.3 is 0 Å². The van der Waals surface area contributed by atoms with Crippen molar-refractivity contribution < 1.29 is 28.2 Å². The topological polar surface area (TPSA) is 179 Å². The summed E-state index contributed by atoms with van der Waals surface area (Å²) in [4.78, 5) is 27.6. The molecule has 0 spiro atoms. The van der Waals surface area contributed by atoms with Crippen LogP contribution in [-0.2, 0) is 23.7 Å². The number of nitrogens with zero attached hydrogens (tertiary/aromatic N) is 6. The molecule has 4 N–H and O–H groups in total. The lowest BCUT2D eigenvalue weighted by Gasteiger charge is -2.32. The minimum atomic E-state index is 0.0577. The Balaban J connectivity index is 1.07. The van der Waals surface area contributed by atoms with Gasteiger partial charge in [0.05, 0.1) is 64.1 Å². The quantitative estimate of drug-likeness (QED) is 0.181. The number of anilines is 2. The normalized spacial score (nSPS) is 14.3. The van der Waals surface area contributed by atoms with E-state index in [4.69, 9.17) is 39.9 Å². The number of hydrogen-bond donors (Lipinski definition) is 2. The predicted octanol–water partition coefficient (Wildman–Crippen LogP) is 2.83. The van der Waals surface area contributed by atoms with Crippen LogP contribution in [0.5, 0.6) is 0 Å². The van der Waals surface area contributed by atoms with Crippen molar-refractivity contribution in [2.24, 2.45) is 0 Å². The number of rotatable bonds is 16. The van der Waals surface area contributed by atoms with Crippen LogP contribution >= 0.6 is 0 Å². The number of ether oxygens (including phenoxy) is 4.